The van der Waals surface area contributed by atoms with Crippen LogP contribution in [0.4, 0.5) is 11.5 Å². The molecule has 3 N–H and O–H groups in total. The maximum Gasteiger partial charge on any atom is 0.269 e. The molecule has 2 rings (SSSR count). The smallest absolute Gasteiger partial charge is 0.269 e. The average Bonchev–Trinajstić information content (AvgIpc) is 2.47. The highest BCUT2D eigenvalue weighted by Gasteiger charge is 2.07. The first kappa shape index (κ1) is 14.2. The molecule has 1 aromatic carbocycles. The summed E-state index contributed by atoms with van der Waals surface area (Å²) in [5.74, 6) is 6.59. The quantitative estimate of drug-likeness (QED) is 0.377. The minimum atomic E-state index is -0.426. The zero-order valence-corrected chi connectivity index (χ0v) is 11.6. The van der Waals surface area contributed by atoms with Crippen molar-refractivity contribution in [2.24, 2.45) is 5.84 Å². The Labute approximate surface area is 119 Å². The Kier molecular flexibility index (Phi) is 4.49. The number of anilines is 1. The maximum absolute atomic E-state index is 10.6. The number of aryl methyl sites for hydroxylation is 1. The molecule has 0 unspecified atom stereocenters. The molecule has 0 radical (unpaired) electrons. The van der Waals surface area contributed by atoms with E-state index in [1.165, 1.54) is 23.9 Å². The lowest BCUT2D eigenvalue weighted by Gasteiger charge is -2.06. The molecule has 0 saturated carbocycles. The van der Waals surface area contributed by atoms with E-state index >= 15 is 0 Å². The number of benzene rings is 1. The van der Waals surface area contributed by atoms with Crippen molar-refractivity contribution in [3.05, 3.63) is 46.3 Å². The Hall–Kier alpha value is -2.19. The SMILES string of the molecule is CCc1nc(NN)cc(Sc2ccc([N+](=O)[O-])cc2)n1. The predicted octanol–water partition coefficient (Wildman–Crippen LogP) is 2.38. The molecule has 1 heterocycles. The van der Waals surface area contributed by atoms with E-state index in [1.54, 1.807) is 18.2 Å². The van der Waals surface area contributed by atoms with E-state index in [0.717, 1.165) is 9.92 Å². The van der Waals surface area contributed by atoms with Crippen LogP contribution in [-0.4, -0.2) is 14.9 Å². The van der Waals surface area contributed by atoms with Gasteiger partial charge in [0.15, 0.2) is 0 Å². The summed E-state index contributed by atoms with van der Waals surface area (Å²) >= 11 is 1.40. The van der Waals surface area contributed by atoms with E-state index in [9.17, 15) is 10.1 Å². The van der Waals surface area contributed by atoms with Crippen molar-refractivity contribution in [1.29, 1.82) is 0 Å². The number of rotatable bonds is 5. The molecular weight excluding hydrogens is 278 g/mol. The van der Waals surface area contributed by atoms with Gasteiger partial charge >= 0.3 is 0 Å². The minimum Gasteiger partial charge on any atom is -0.308 e. The molecule has 0 fully saturated rings. The van der Waals surface area contributed by atoms with Crippen molar-refractivity contribution in [2.45, 2.75) is 23.3 Å². The van der Waals surface area contributed by atoms with Gasteiger partial charge in [0.25, 0.3) is 5.69 Å². The third kappa shape index (κ3) is 3.43. The van der Waals surface area contributed by atoms with E-state index in [2.05, 4.69) is 15.4 Å². The van der Waals surface area contributed by atoms with E-state index in [1.807, 2.05) is 6.92 Å². The van der Waals surface area contributed by atoms with Crippen molar-refractivity contribution >= 4 is 23.3 Å². The van der Waals surface area contributed by atoms with Gasteiger partial charge in [-0.2, -0.15) is 0 Å². The Morgan fingerprint density at radius 2 is 2.05 bits per heavy atom. The van der Waals surface area contributed by atoms with Crippen LogP contribution in [0.5, 0.6) is 0 Å². The fourth-order valence-electron chi connectivity index (χ4n) is 1.51. The summed E-state index contributed by atoms with van der Waals surface area (Å²) in [6, 6.07) is 8.03. The van der Waals surface area contributed by atoms with Gasteiger partial charge in [0.1, 0.15) is 16.7 Å². The summed E-state index contributed by atoms with van der Waals surface area (Å²) in [6.45, 7) is 1.95. The number of nitrogens with zero attached hydrogens (tertiary/aromatic N) is 3. The van der Waals surface area contributed by atoms with Crippen molar-refractivity contribution in [2.75, 3.05) is 5.43 Å². The Bertz CT molecular complexity index is 595. The molecule has 0 aliphatic carbocycles. The largest absolute Gasteiger partial charge is 0.308 e. The van der Waals surface area contributed by atoms with E-state index < -0.39 is 4.92 Å². The lowest BCUT2D eigenvalue weighted by Crippen LogP contribution is -2.10. The summed E-state index contributed by atoms with van der Waals surface area (Å²) in [4.78, 5) is 19.6. The molecule has 0 aliphatic heterocycles. The summed E-state index contributed by atoms with van der Waals surface area (Å²) in [6.07, 6.45) is 0.698. The monoisotopic (exact) mass is 291 g/mol. The topological polar surface area (TPSA) is 107 Å². The first-order chi connectivity index (χ1) is 9.62. The normalized spacial score (nSPS) is 10.3. The lowest BCUT2D eigenvalue weighted by molar-refractivity contribution is -0.384. The zero-order valence-electron chi connectivity index (χ0n) is 10.7. The van der Waals surface area contributed by atoms with E-state index in [4.69, 9.17) is 5.84 Å². The van der Waals surface area contributed by atoms with E-state index in [0.29, 0.717) is 18.1 Å². The first-order valence-corrected chi connectivity index (χ1v) is 6.71. The van der Waals surface area contributed by atoms with Crippen LogP contribution in [0.25, 0.3) is 0 Å². The van der Waals surface area contributed by atoms with Crippen LogP contribution in [0, 0.1) is 10.1 Å². The number of hydrazine groups is 1. The second-order valence-corrected chi connectivity index (χ2v) is 4.95. The molecule has 0 saturated heterocycles. The van der Waals surface area contributed by atoms with Crippen LogP contribution in [0.2, 0.25) is 0 Å². The lowest BCUT2D eigenvalue weighted by atomic mass is 10.3. The van der Waals surface area contributed by atoms with Gasteiger partial charge in [-0.25, -0.2) is 15.8 Å². The Morgan fingerprint density at radius 3 is 2.60 bits per heavy atom. The van der Waals surface area contributed by atoms with Gasteiger partial charge in [0.2, 0.25) is 0 Å². The summed E-state index contributed by atoms with van der Waals surface area (Å²) < 4.78 is 0. The Morgan fingerprint density at radius 1 is 1.35 bits per heavy atom. The molecular formula is C12H13N5O2S. The number of hydrogen-bond donors (Lipinski definition) is 2. The third-order valence-electron chi connectivity index (χ3n) is 2.48. The van der Waals surface area contributed by atoms with Gasteiger partial charge in [0, 0.05) is 29.5 Å². The highest BCUT2D eigenvalue weighted by molar-refractivity contribution is 7.99. The van der Waals surface area contributed by atoms with Gasteiger partial charge in [-0.1, -0.05) is 18.7 Å². The van der Waals surface area contributed by atoms with Crippen LogP contribution < -0.4 is 11.3 Å². The molecule has 0 atom stereocenters. The standard InChI is InChI=1S/C12H13N5O2S/c1-2-10-14-11(16-13)7-12(15-10)20-9-5-3-8(4-6-9)17(18)19/h3-7H,2,13H2,1H3,(H,14,15,16). The van der Waals surface area contributed by atoms with Crippen molar-refractivity contribution in [3.8, 4) is 0 Å². The second kappa shape index (κ2) is 6.31. The number of nitrogens with two attached hydrogens (primary N) is 1. The number of nitro benzene ring substituents is 1. The number of aromatic nitrogens is 2. The highest BCUT2D eigenvalue weighted by Crippen LogP contribution is 2.28. The molecule has 2 aromatic rings. The third-order valence-corrected chi connectivity index (χ3v) is 3.41. The summed E-state index contributed by atoms with van der Waals surface area (Å²) in [7, 11) is 0. The van der Waals surface area contributed by atoms with Gasteiger partial charge in [-0.05, 0) is 12.1 Å². The molecule has 7 nitrogen and oxygen atoms in total. The van der Waals surface area contributed by atoms with Gasteiger partial charge in [-0.15, -0.1) is 0 Å². The molecule has 104 valence electrons. The van der Waals surface area contributed by atoms with Gasteiger partial charge in [-0.3, -0.25) is 10.1 Å². The molecule has 0 spiro atoms. The minimum absolute atomic E-state index is 0.0654. The second-order valence-electron chi connectivity index (χ2n) is 3.86. The first-order valence-electron chi connectivity index (χ1n) is 5.89. The Balaban J connectivity index is 2.22. The van der Waals surface area contributed by atoms with Gasteiger partial charge < -0.3 is 5.43 Å². The molecule has 20 heavy (non-hydrogen) atoms. The van der Waals surface area contributed by atoms with Gasteiger partial charge in [0.05, 0.1) is 4.92 Å². The summed E-state index contributed by atoms with van der Waals surface area (Å²) in [5.41, 5.74) is 2.56. The number of non-ortho nitro benzene ring substituents is 1. The van der Waals surface area contributed by atoms with Crippen molar-refractivity contribution in [1.82, 2.24) is 9.97 Å². The molecule has 1 aromatic heterocycles. The molecule has 0 bridgehead atoms. The maximum atomic E-state index is 10.6. The zero-order chi connectivity index (χ0) is 14.5. The van der Waals surface area contributed by atoms with Crippen LogP contribution in [-0.2, 0) is 6.42 Å². The van der Waals surface area contributed by atoms with Crippen LogP contribution in [0.15, 0.2) is 40.3 Å². The fraction of sp³-hybridized carbons (Fsp3) is 0.167. The van der Waals surface area contributed by atoms with Crippen LogP contribution in [0.3, 0.4) is 0 Å². The highest BCUT2D eigenvalue weighted by atomic mass is 32.2. The van der Waals surface area contributed by atoms with Crippen LogP contribution >= 0.6 is 11.8 Å². The average molecular weight is 291 g/mol. The number of nitrogens with one attached hydrogen (secondary N) is 1. The van der Waals surface area contributed by atoms with Crippen molar-refractivity contribution in [3.63, 3.8) is 0 Å². The van der Waals surface area contributed by atoms with Crippen LogP contribution in [0.1, 0.15) is 12.7 Å². The summed E-state index contributed by atoms with van der Waals surface area (Å²) in [5, 5.41) is 11.3. The molecule has 8 heteroatoms. The number of hydrogen-bond acceptors (Lipinski definition) is 7. The number of nitro groups is 1. The predicted molar refractivity (Wildman–Crippen MR) is 76.4 cm³/mol. The van der Waals surface area contributed by atoms with E-state index in [-0.39, 0.29) is 5.69 Å². The fourth-order valence-corrected chi connectivity index (χ4v) is 2.35. The molecule has 0 amide bonds. The number of nitrogen functional groups attached to an aromatic ring is 1. The van der Waals surface area contributed by atoms with Crippen molar-refractivity contribution < 1.29 is 4.92 Å². The molecule has 0 aliphatic rings.